The number of ether oxygens (including phenoxy) is 1. The fraction of sp³-hybridized carbons (Fsp3) is 0.676. The Bertz CT molecular complexity index is 1900. The quantitative estimate of drug-likeness (QED) is 0.0212. The van der Waals surface area contributed by atoms with Crippen LogP contribution in [0.15, 0.2) is 134 Å². The minimum absolute atomic E-state index is 0.0352. The summed E-state index contributed by atoms with van der Waals surface area (Å²) in [5, 5.41) is 3.03. The van der Waals surface area contributed by atoms with Crippen molar-refractivity contribution in [1.82, 2.24) is 5.32 Å². The topological polar surface area (TPSA) is 114 Å². The number of nitrogens with zero attached hydrogens (tertiary/aromatic N) is 1. The van der Waals surface area contributed by atoms with Gasteiger partial charge < -0.3 is 28.5 Å². The molecule has 9 nitrogen and oxygen atoms in total. The summed E-state index contributed by atoms with van der Waals surface area (Å²) in [7, 11) is 1.15. The SMILES string of the molecule is CC/C=C\C/C=C\C/C=C\C/C=C\C/C=C\CCCCCCCCCCCCCC(=O)NC(COP(=O)([O-])OCC[N+](C)(C)C)C(/C=C\CCCCCCCCCCCC)OC(=O)CCCCC/C=C\C/C=C\C/C=C\C/C=C\C/C=C\CC. The smallest absolute Gasteiger partial charge is 0.306 e. The largest absolute Gasteiger partial charge is 0.756 e. The summed E-state index contributed by atoms with van der Waals surface area (Å²) in [6.07, 6.45) is 88.6. The Morgan fingerprint density at radius 1 is 0.429 bits per heavy atom. The fourth-order valence-electron chi connectivity index (χ4n) is 9.16. The number of allylic oxidation sites excluding steroid dienone is 21. The van der Waals surface area contributed by atoms with Crippen molar-refractivity contribution in [3.05, 3.63) is 134 Å². The molecular formula is C74H127N2O7P. The van der Waals surface area contributed by atoms with Crippen LogP contribution < -0.4 is 10.2 Å². The number of unbranched alkanes of at least 4 members (excludes halogenated alkanes) is 24. The average Bonchev–Trinajstić information content (AvgIpc) is 3.64. The molecule has 1 amide bonds. The van der Waals surface area contributed by atoms with Crippen LogP contribution in [0.1, 0.15) is 271 Å². The zero-order chi connectivity index (χ0) is 61.4. The van der Waals surface area contributed by atoms with Gasteiger partial charge in [0.15, 0.2) is 0 Å². The van der Waals surface area contributed by atoms with Gasteiger partial charge in [0.2, 0.25) is 5.91 Å². The van der Waals surface area contributed by atoms with Gasteiger partial charge in [0.05, 0.1) is 33.8 Å². The zero-order valence-electron chi connectivity index (χ0n) is 54.8. The van der Waals surface area contributed by atoms with Gasteiger partial charge in [0.25, 0.3) is 7.82 Å². The highest BCUT2D eigenvalue weighted by atomic mass is 31.2. The van der Waals surface area contributed by atoms with E-state index in [9.17, 15) is 19.0 Å². The van der Waals surface area contributed by atoms with E-state index in [1.165, 1.54) is 96.3 Å². The standard InChI is InChI=1S/C74H127N2O7P/c1-7-10-13-16-19-22-25-28-30-32-34-35-36-37-38-39-40-41-43-44-46-48-51-54-57-60-63-66-73(77)75-71(70-82-84(79,80)81-69-68-76(4,5)6)72(65-62-59-56-53-50-27-24-21-18-15-12-9-3)83-74(78)67-64-61-58-55-52-49-47-45-42-33-31-29-26-23-20-17-14-11-8-2/h10-11,13-14,19-20,22-23,28-31,34-35,37-38,42,45,49,52,62,65,71-72H,7-9,12,15-18,21,24-27,32-33,36,39-41,43-44,46-48,50-51,53-61,63-64,66-70H2,1-6H3,(H-,75,77,79,80)/b13-10-,14-11-,22-19-,23-20-,30-28-,31-29-,35-34-,38-37-,45-42-,52-49-,65-62-. The Kier molecular flexibility index (Phi) is 59.4. The van der Waals surface area contributed by atoms with Crippen LogP contribution >= 0.6 is 7.82 Å². The van der Waals surface area contributed by atoms with E-state index in [1.807, 2.05) is 33.3 Å². The number of nitrogens with one attached hydrogen (secondary N) is 1. The Balaban J connectivity index is 5.15. The molecule has 0 saturated carbocycles. The van der Waals surface area contributed by atoms with E-state index in [2.05, 4.69) is 148 Å². The number of amides is 1. The average molecular weight is 1190 g/mol. The molecule has 480 valence electrons. The maximum absolute atomic E-state index is 13.6. The predicted molar refractivity (Wildman–Crippen MR) is 362 cm³/mol. The van der Waals surface area contributed by atoms with Gasteiger partial charge in [-0.15, -0.1) is 0 Å². The Morgan fingerprint density at radius 3 is 1.15 bits per heavy atom. The molecule has 3 atom stereocenters. The minimum atomic E-state index is -4.72. The van der Waals surface area contributed by atoms with Gasteiger partial charge in [0, 0.05) is 12.8 Å². The van der Waals surface area contributed by atoms with Crippen molar-refractivity contribution in [2.75, 3.05) is 40.9 Å². The molecule has 0 aromatic rings. The number of quaternary nitrogens is 1. The number of carbonyl (C=O) groups is 2. The van der Waals surface area contributed by atoms with Crippen molar-refractivity contribution < 1.29 is 37.3 Å². The first kappa shape index (κ1) is 80.2. The van der Waals surface area contributed by atoms with Gasteiger partial charge in [-0.3, -0.25) is 14.2 Å². The van der Waals surface area contributed by atoms with Crippen molar-refractivity contribution in [2.45, 2.75) is 283 Å². The summed E-state index contributed by atoms with van der Waals surface area (Å²) in [6, 6.07) is -0.914. The number of rotatable bonds is 60. The molecule has 0 aromatic carbocycles. The lowest BCUT2D eigenvalue weighted by atomic mass is 10.0. The number of esters is 1. The van der Waals surface area contributed by atoms with E-state index in [1.54, 1.807) is 0 Å². The first-order chi connectivity index (χ1) is 40.9. The van der Waals surface area contributed by atoms with Gasteiger partial charge in [-0.2, -0.15) is 0 Å². The van der Waals surface area contributed by atoms with Crippen LogP contribution in [0.4, 0.5) is 0 Å². The van der Waals surface area contributed by atoms with Crippen LogP contribution in [0.25, 0.3) is 0 Å². The van der Waals surface area contributed by atoms with E-state index in [-0.39, 0.29) is 24.9 Å². The summed E-state index contributed by atoms with van der Waals surface area (Å²) in [4.78, 5) is 40.1. The van der Waals surface area contributed by atoms with Crippen LogP contribution in [-0.2, 0) is 27.9 Å². The summed E-state index contributed by atoms with van der Waals surface area (Å²) in [5.74, 6) is -0.588. The lowest BCUT2D eigenvalue weighted by Gasteiger charge is -2.30. The van der Waals surface area contributed by atoms with E-state index in [4.69, 9.17) is 13.8 Å². The molecule has 10 heteroatoms. The molecule has 0 bridgehead atoms. The third-order valence-electron chi connectivity index (χ3n) is 14.3. The lowest BCUT2D eigenvalue weighted by Crippen LogP contribution is -2.47. The highest BCUT2D eigenvalue weighted by Gasteiger charge is 2.27. The molecule has 1 N–H and O–H groups in total. The molecular weight excluding hydrogens is 1060 g/mol. The minimum Gasteiger partial charge on any atom is -0.756 e. The van der Waals surface area contributed by atoms with E-state index in [0.717, 1.165) is 135 Å². The monoisotopic (exact) mass is 1190 g/mol. The van der Waals surface area contributed by atoms with Crippen molar-refractivity contribution >= 4 is 19.7 Å². The van der Waals surface area contributed by atoms with Crippen LogP contribution in [0.2, 0.25) is 0 Å². The molecule has 0 aliphatic rings. The normalized spacial score (nSPS) is 14.4. The van der Waals surface area contributed by atoms with Crippen molar-refractivity contribution in [1.29, 1.82) is 0 Å². The fourth-order valence-corrected chi connectivity index (χ4v) is 9.89. The summed E-state index contributed by atoms with van der Waals surface area (Å²) in [6.45, 7) is 6.59. The first-order valence-electron chi connectivity index (χ1n) is 34.0. The Morgan fingerprint density at radius 2 is 0.762 bits per heavy atom. The number of phosphoric acid groups is 1. The van der Waals surface area contributed by atoms with Gasteiger partial charge >= 0.3 is 5.97 Å². The maximum atomic E-state index is 13.6. The molecule has 0 rings (SSSR count). The number of hydrogen-bond donors (Lipinski definition) is 1. The van der Waals surface area contributed by atoms with E-state index < -0.39 is 26.6 Å². The lowest BCUT2D eigenvalue weighted by molar-refractivity contribution is -0.870. The van der Waals surface area contributed by atoms with Gasteiger partial charge in [-0.05, 0) is 122 Å². The molecule has 0 aliphatic carbocycles. The zero-order valence-corrected chi connectivity index (χ0v) is 55.7. The maximum Gasteiger partial charge on any atom is 0.306 e. The van der Waals surface area contributed by atoms with Crippen molar-refractivity contribution in [2.24, 2.45) is 0 Å². The van der Waals surface area contributed by atoms with Crippen LogP contribution in [0.3, 0.4) is 0 Å². The second-order valence-corrected chi connectivity index (χ2v) is 25.0. The van der Waals surface area contributed by atoms with Gasteiger partial charge in [-0.25, -0.2) is 0 Å². The Labute approximate surface area is 517 Å². The molecule has 0 radical (unpaired) electrons. The summed E-state index contributed by atoms with van der Waals surface area (Å²) >= 11 is 0. The highest BCUT2D eigenvalue weighted by Crippen LogP contribution is 2.38. The van der Waals surface area contributed by atoms with Crippen molar-refractivity contribution in [3.63, 3.8) is 0 Å². The number of phosphoric ester groups is 1. The number of carbonyl (C=O) groups excluding carboxylic acids is 2. The van der Waals surface area contributed by atoms with E-state index >= 15 is 0 Å². The molecule has 84 heavy (non-hydrogen) atoms. The third-order valence-corrected chi connectivity index (χ3v) is 15.3. The molecule has 0 fully saturated rings. The molecule has 0 aromatic heterocycles. The molecule has 0 aliphatic heterocycles. The second-order valence-electron chi connectivity index (χ2n) is 23.6. The number of likely N-dealkylation sites (N-methyl/N-ethyl adjacent to an activating group) is 1. The molecule has 0 spiro atoms. The summed E-state index contributed by atoms with van der Waals surface area (Å²) < 4.78 is 30.4. The van der Waals surface area contributed by atoms with Crippen LogP contribution in [-0.4, -0.2) is 69.4 Å². The molecule has 3 unspecified atom stereocenters. The van der Waals surface area contributed by atoms with Crippen molar-refractivity contribution in [3.8, 4) is 0 Å². The molecule has 0 saturated heterocycles. The number of hydrogen-bond acceptors (Lipinski definition) is 7. The van der Waals surface area contributed by atoms with E-state index in [0.29, 0.717) is 23.9 Å². The van der Waals surface area contributed by atoms with Crippen LogP contribution in [0, 0.1) is 0 Å². The third kappa shape index (κ3) is 62.7. The second kappa shape index (κ2) is 62.2. The first-order valence-corrected chi connectivity index (χ1v) is 35.5. The Hall–Kier alpha value is -3.85. The van der Waals surface area contributed by atoms with Gasteiger partial charge in [-0.1, -0.05) is 270 Å². The van der Waals surface area contributed by atoms with Crippen LogP contribution in [0.5, 0.6) is 0 Å². The molecule has 0 heterocycles. The van der Waals surface area contributed by atoms with Gasteiger partial charge in [0.1, 0.15) is 19.3 Å². The highest BCUT2D eigenvalue weighted by molar-refractivity contribution is 7.45. The predicted octanol–water partition coefficient (Wildman–Crippen LogP) is 21.0. The summed E-state index contributed by atoms with van der Waals surface area (Å²) in [5.41, 5.74) is 0.